The maximum absolute atomic E-state index is 5.24. The van der Waals surface area contributed by atoms with Gasteiger partial charge in [0.25, 0.3) is 0 Å². The largest absolute Gasteiger partial charge is 0.264 e. The molecule has 0 atom stereocenters. The highest BCUT2D eigenvalue weighted by Gasteiger charge is 2.18. The summed E-state index contributed by atoms with van der Waals surface area (Å²) in [6, 6.07) is 52.0. The summed E-state index contributed by atoms with van der Waals surface area (Å²) in [5.41, 5.74) is 7.66. The fourth-order valence-electron chi connectivity index (χ4n) is 6.48. The van der Waals surface area contributed by atoms with Crippen molar-refractivity contribution in [3.8, 4) is 56.5 Å². The van der Waals surface area contributed by atoms with Crippen LogP contribution in [-0.4, -0.2) is 24.9 Å². The molecule has 0 aliphatic carbocycles. The van der Waals surface area contributed by atoms with Crippen molar-refractivity contribution < 1.29 is 0 Å². The predicted molar refractivity (Wildman–Crippen MR) is 195 cm³/mol. The number of hydrogen-bond acceptors (Lipinski definition) is 5. The number of pyridine rings is 2. The Morgan fingerprint density at radius 3 is 1.69 bits per heavy atom. The molecule has 0 unspecified atom stereocenters. The summed E-state index contributed by atoms with van der Waals surface area (Å²) in [6.45, 7) is 0. The van der Waals surface area contributed by atoms with Crippen LogP contribution in [0.3, 0.4) is 0 Å². The van der Waals surface area contributed by atoms with E-state index >= 15 is 0 Å². The highest BCUT2D eigenvalue weighted by molar-refractivity contribution is 6.11. The summed E-state index contributed by atoms with van der Waals surface area (Å²) in [5.74, 6) is 1.83. The summed E-state index contributed by atoms with van der Waals surface area (Å²) in [4.78, 5) is 24.9. The minimum absolute atomic E-state index is 0.592. The van der Waals surface area contributed by atoms with Crippen molar-refractivity contribution in [1.29, 1.82) is 0 Å². The minimum atomic E-state index is 0.592. The standard InChI is InChI=1S/C43H27N5/c1-3-13-29(14-4-1)41-46-42(30-15-5-2-6-16-30)48-43(47-41)33-25-31(35-20-11-17-28-12-7-8-18-34(28)35)24-32(26-33)40-38-27-44-23-22-36(38)37-19-9-10-21-39(37)45-40/h1-27H. The number of nitrogens with zero attached hydrogens (tertiary/aromatic N) is 5. The molecule has 3 aromatic heterocycles. The maximum Gasteiger partial charge on any atom is 0.164 e. The van der Waals surface area contributed by atoms with Crippen molar-refractivity contribution in [2.45, 2.75) is 0 Å². The predicted octanol–water partition coefficient (Wildman–Crippen LogP) is 10.5. The summed E-state index contributed by atoms with van der Waals surface area (Å²) >= 11 is 0. The van der Waals surface area contributed by atoms with Gasteiger partial charge in [-0.25, -0.2) is 19.9 Å². The third-order valence-electron chi connectivity index (χ3n) is 8.77. The van der Waals surface area contributed by atoms with Gasteiger partial charge in [-0.1, -0.05) is 121 Å². The molecule has 0 fully saturated rings. The van der Waals surface area contributed by atoms with Crippen LogP contribution in [0.5, 0.6) is 0 Å². The Bertz CT molecular complexity index is 2550. The molecular formula is C43H27N5. The van der Waals surface area contributed by atoms with Gasteiger partial charge in [0.2, 0.25) is 0 Å². The lowest BCUT2D eigenvalue weighted by atomic mass is 9.93. The summed E-state index contributed by atoms with van der Waals surface area (Å²) in [5, 5.41) is 5.55. The summed E-state index contributed by atoms with van der Waals surface area (Å²) in [7, 11) is 0. The highest BCUT2D eigenvalue weighted by Crippen LogP contribution is 2.38. The fraction of sp³-hybridized carbons (Fsp3) is 0. The maximum atomic E-state index is 5.24. The molecule has 9 rings (SSSR count). The molecule has 0 bridgehead atoms. The Morgan fingerprint density at radius 2 is 0.938 bits per heavy atom. The van der Waals surface area contributed by atoms with Crippen LogP contribution in [0, 0.1) is 0 Å². The first-order valence-corrected chi connectivity index (χ1v) is 15.9. The van der Waals surface area contributed by atoms with Crippen molar-refractivity contribution >= 4 is 32.4 Å². The van der Waals surface area contributed by atoms with Crippen LogP contribution >= 0.6 is 0 Å². The van der Waals surface area contributed by atoms with E-state index in [0.717, 1.165) is 60.8 Å². The molecule has 0 saturated carbocycles. The second kappa shape index (κ2) is 11.6. The first kappa shape index (κ1) is 27.7. The van der Waals surface area contributed by atoms with Crippen molar-refractivity contribution in [2.24, 2.45) is 0 Å². The van der Waals surface area contributed by atoms with E-state index in [1.54, 1.807) is 0 Å². The van der Waals surface area contributed by atoms with Gasteiger partial charge in [-0.2, -0.15) is 0 Å². The zero-order valence-corrected chi connectivity index (χ0v) is 25.8. The number of para-hydroxylation sites is 1. The van der Waals surface area contributed by atoms with E-state index in [4.69, 9.17) is 19.9 Å². The van der Waals surface area contributed by atoms with Crippen LogP contribution in [0.1, 0.15) is 0 Å². The monoisotopic (exact) mass is 613 g/mol. The zero-order valence-electron chi connectivity index (χ0n) is 25.8. The molecule has 0 amide bonds. The van der Waals surface area contributed by atoms with Gasteiger partial charge in [0.05, 0.1) is 11.2 Å². The number of rotatable bonds is 5. The molecule has 0 radical (unpaired) electrons. The van der Waals surface area contributed by atoms with E-state index in [2.05, 4.69) is 89.9 Å². The average molecular weight is 614 g/mol. The third kappa shape index (κ3) is 4.95. The molecule has 5 heteroatoms. The quantitative estimate of drug-likeness (QED) is 0.181. The van der Waals surface area contributed by atoms with Gasteiger partial charge < -0.3 is 0 Å². The van der Waals surface area contributed by atoms with Gasteiger partial charge in [-0.3, -0.25) is 4.98 Å². The molecule has 0 aliphatic rings. The lowest BCUT2D eigenvalue weighted by Crippen LogP contribution is -2.01. The summed E-state index contributed by atoms with van der Waals surface area (Å²) in [6.07, 6.45) is 3.76. The number of hydrogen-bond donors (Lipinski definition) is 0. The van der Waals surface area contributed by atoms with Crippen molar-refractivity contribution in [3.63, 3.8) is 0 Å². The molecular weight excluding hydrogens is 587 g/mol. The Kier molecular flexibility index (Phi) is 6.72. The van der Waals surface area contributed by atoms with Crippen LogP contribution in [0.25, 0.3) is 89.0 Å². The van der Waals surface area contributed by atoms with E-state index in [0.29, 0.717) is 17.5 Å². The Hall–Kier alpha value is -6.59. The van der Waals surface area contributed by atoms with Gasteiger partial charge in [0.15, 0.2) is 17.5 Å². The molecule has 224 valence electrons. The Morgan fingerprint density at radius 1 is 0.354 bits per heavy atom. The molecule has 6 aromatic carbocycles. The molecule has 0 saturated heterocycles. The van der Waals surface area contributed by atoms with Gasteiger partial charge in [0.1, 0.15) is 0 Å². The van der Waals surface area contributed by atoms with Gasteiger partial charge in [-0.05, 0) is 57.6 Å². The van der Waals surface area contributed by atoms with E-state index in [-0.39, 0.29) is 0 Å². The summed E-state index contributed by atoms with van der Waals surface area (Å²) < 4.78 is 0. The van der Waals surface area contributed by atoms with Crippen LogP contribution in [-0.2, 0) is 0 Å². The average Bonchev–Trinajstić information content (AvgIpc) is 3.17. The van der Waals surface area contributed by atoms with Crippen molar-refractivity contribution in [1.82, 2.24) is 24.9 Å². The molecule has 0 aliphatic heterocycles. The van der Waals surface area contributed by atoms with Crippen LogP contribution in [0.4, 0.5) is 0 Å². The van der Waals surface area contributed by atoms with Crippen LogP contribution in [0.2, 0.25) is 0 Å². The van der Waals surface area contributed by atoms with E-state index in [1.807, 2.05) is 79.1 Å². The number of aromatic nitrogens is 5. The molecule has 9 aromatic rings. The Labute approximate surface area is 277 Å². The molecule has 5 nitrogen and oxygen atoms in total. The zero-order chi connectivity index (χ0) is 31.9. The second-order valence-electron chi connectivity index (χ2n) is 11.8. The van der Waals surface area contributed by atoms with E-state index in [1.165, 1.54) is 10.8 Å². The molecule has 3 heterocycles. The fourth-order valence-corrected chi connectivity index (χ4v) is 6.48. The van der Waals surface area contributed by atoms with Crippen molar-refractivity contribution in [3.05, 3.63) is 164 Å². The van der Waals surface area contributed by atoms with Gasteiger partial charge >= 0.3 is 0 Å². The molecule has 48 heavy (non-hydrogen) atoms. The first-order valence-electron chi connectivity index (χ1n) is 15.9. The third-order valence-corrected chi connectivity index (χ3v) is 8.77. The van der Waals surface area contributed by atoms with E-state index in [9.17, 15) is 0 Å². The lowest BCUT2D eigenvalue weighted by Gasteiger charge is -2.15. The number of fused-ring (bicyclic) bond motifs is 4. The smallest absolute Gasteiger partial charge is 0.164 e. The topological polar surface area (TPSA) is 64.5 Å². The Balaban J connectivity index is 1.35. The van der Waals surface area contributed by atoms with Crippen LogP contribution < -0.4 is 0 Å². The highest BCUT2D eigenvalue weighted by atomic mass is 15.0. The van der Waals surface area contributed by atoms with Gasteiger partial charge in [0, 0.05) is 45.4 Å². The molecule has 0 spiro atoms. The van der Waals surface area contributed by atoms with Crippen LogP contribution in [0.15, 0.2) is 164 Å². The van der Waals surface area contributed by atoms with Gasteiger partial charge in [-0.15, -0.1) is 0 Å². The normalized spacial score (nSPS) is 11.3. The van der Waals surface area contributed by atoms with E-state index < -0.39 is 0 Å². The SMILES string of the molecule is c1ccc(-c2nc(-c3ccccc3)nc(-c3cc(-c4cccc5ccccc45)cc(-c4nc5ccccc5c5ccncc45)c3)n2)cc1. The first-order chi connectivity index (χ1) is 23.8. The number of benzene rings is 6. The molecule has 0 N–H and O–H groups in total. The minimum Gasteiger partial charge on any atom is -0.264 e. The van der Waals surface area contributed by atoms with Crippen molar-refractivity contribution in [2.75, 3.05) is 0 Å². The lowest BCUT2D eigenvalue weighted by molar-refractivity contribution is 1.07. The second-order valence-corrected chi connectivity index (χ2v) is 11.8.